The molecule has 2 aromatic rings. The number of ether oxygens (including phenoxy) is 1. The summed E-state index contributed by atoms with van der Waals surface area (Å²) >= 11 is 0. The van der Waals surface area contributed by atoms with Crippen LogP contribution in [-0.2, 0) is 35.7 Å². The first kappa shape index (κ1) is 32.5. The molecule has 0 saturated carbocycles. The molecule has 0 unspecified atom stereocenters. The molecule has 0 heterocycles. The van der Waals surface area contributed by atoms with Crippen molar-refractivity contribution in [1.29, 1.82) is 0 Å². The molecule has 6 nitrogen and oxygen atoms in total. The second-order valence-corrected chi connectivity index (χ2v) is 10.9. The van der Waals surface area contributed by atoms with Crippen molar-refractivity contribution in [2.24, 2.45) is 0 Å². The fourth-order valence-electron chi connectivity index (χ4n) is 2.48. The van der Waals surface area contributed by atoms with E-state index < -0.39 is 8.32 Å². The SMILES string of the molecule is COc1ccccc1[C@H](CC(=O)c1ccccc1)O[Si](C)(C)C.[C-]#[O+].[C-]#[O+].[C-]#[O+].[Cr]. The van der Waals surface area contributed by atoms with Crippen molar-refractivity contribution >= 4 is 14.1 Å². The Kier molecular flexibility index (Phi) is 20.4. The van der Waals surface area contributed by atoms with E-state index in [4.69, 9.17) is 23.1 Å². The van der Waals surface area contributed by atoms with Gasteiger partial charge in [0.15, 0.2) is 14.1 Å². The van der Waals surface area contributed by atoms with Gasteiger partial charge < -0.3 is 9.16 Å². The van der Waals surface area contributed by atoms with Crippen LogP contribution in [0.2, 0.25) is 19.6 Å². The number of carbonyl (C=O) groups is 1. The minimum Gasteiger partial charge on any atom is 0 e. The third-order valence-electron chi connectivity index (χ3n) is 3.45. The van der Waals surface area contributed by atoms with Gasteiger partial charge in [0.05, 0.1) is 13.2 Å². The van der Waals surface area contributed by atoms with E-state index in [1.807, 2.05) is 54.6 Å². The van der Waals surface area contributed by atoms with E-state index in [1.54, 1.807) is 7.11 Å². The number of Topliss-reactive ketones (excluding diaryl/α,β-unsaturated/α-hetero) is 1. The van der Waals surface area contributed by atoms with Crippen molar-refractivity contribution in [2.45, 2.75) is 32.2 Å². The number of ketones is 1. The van der Waals surface area contributed by atoms with Crippen LogP contribution in [-0.4, -0.2) is 21.2 Å². The summed E-state index contributed by atoms with van der Waals surface area (Å²) in [6, 6.07) is 17.1. The largest absolute Gasteiger partial charge is 0 e. The van der Waals surface area contributed by atoms with E-state index in [9.17, 15) is 4.79 Å². The van der Waals surface area contributed by atoms with Crippen LogP contribution in [0.25, 0.3) is 0 Å². The number of para-hydroxylation sites is 1. The van der Waals surface area contributed by atoms with Crippen molar-refractivity contribution in [3.63, 3.8) is 0 Å². The zero-order valence-corrected chi connectivity index (χ0v) is 19.6. The predicted octanol–water partition coefficient (Wildman–Crippen LogP) is 4.75. The second-order valence-electron chi connectivity index (χ2n) is 6.45. The first-order valence-corrected chi connectivity index (χ1v) is 11.8. The smallest absolute Gasteiger partial charge is 0 e. The van der Waals surface area contributed by atoms with Gasteiger partial charge in [0.25, 0.3) is 0 Å². The Bertz CT molecular complexity index is 767. The minimum absolute atomic E-state index is 0. The van der Waals surface area contributed by atoms with E-state index in [2.05, 4.69) is 39.6 Å². The molecule has 8 heteroatoms. The van der Waals surface area contributed by atoms with Crippen LogP contribution in [0.1, 0.15) is 28.4 Å². The minimum atomic E-state index is -1.81. The van der Waals surface area contributed by atoms with E-state index in [0.29, 0.717) is 12.0 Å². The van der Waals surface area contributed by atoms with Gasteiger partial charge >= 0.3 is 33.9 Å². The van der Waals surface area contributed by atoms with E-state index in [0.717, 1.165) is 11.3 Å². The topological polar surface area (TPSA) is 95.2 Å². The number of rotatable bonds is 7. The second kappa shape index (κ2) is 18.8. The van der Waals surface area contributed by atoms with Crippen LogP contribution in [0.5, 0.6) is 5.75 Å². The van der Waals surface area contributed by atoms with Gasteiger partial charge in [0, 0.05) is 34.9 Å². The molecule has 0 aromatic heterocycles. The first-order chi connectivity index (χ1) is 13.9. The van der Waals surface area contributed by atoms with Gasteiger partial charge in [-0.2, -0.15) is 0 Å². The molecule has 0 aliphatic heterocycles. The molecule has 0 N–H and O–H groups in total. The molecule has 30 heavy (non-hydrogen) atoms. The summed E-state index contributed by atoms with van der Waals surface area (Å²) in [5, 5.41) is 0. The van der Waals surface area contributed by atoms with Crippen molar-refractivity contribution in [1.82, 2.24) is 0 Å². The third kappa shape index (κ3) is 12.4. The molecular formula is C22H24CrO6Si. The van der Waals surface area contributed by atoms with Crippen LogP contribution in [0.15, 0.2) is 54.6 Å². The Morgan fingerprint density at radius 3 is 1.83 bits per heavy atom. The molecule has 0 amide bonds. The first-order valence-electron chi connectivity index (χ1n) is 8.41. The quantitative estimate of drug-likeness (QED) is 0.256. The fourth-order valence-corrected chi connectivity index (χ4v) is 3.55. The maximum Gasteiger partial charge on any atom is 0 e. The van der Waals surface area contributed by atoms with Crippen LogP contribution in [0.4, 0.5) is 0 Å². The Morgan fingerprint density at radius 2 is 1.37 bits per heavy atom. The molecule has 2 rings (SSSR count). The standard InChI is InChI=1S/C19H24O3Si.3CO.Cr/c1-21-18-13-9-8-12-16(18)19(22-23(2,3)4)14-17(20)15-10-6-5-7-11-15;3*1-2;/h5-13,19H,14H2,1-4H3;;;;/t19-;;;;/m0..../s1. The van der Waals surface area contributed by atoms with Crippen LogP contribution < -0.4 is 4.74 Å². The Hall–Kier alpha value is -2.16. The van der Waals surface area contributed by atoms with Gasteiger partial charge in [-0.15, -0.1) is 0 Å². The number of methoxy groups -OCH3 is 1. The van der Waals surface area contributed by atoms with Crippen molar-refractivity contribution in [3.8, 4) is 5.75 Å². The van der Waals surface area contributed by atoms with Crippen LogP contribution in [0.3, 0.4) is 0 Å². The normalized spacial score (nSPS) is 9.93. The number of hydrogen-bond acceptors (Lipinski definition) is 3. The van der Waals surface area contributed by atoms with Crippen LogP contribution >= 0.6 is 0 Å². The van der Waals surface area contributed by atoms with Crippen molar-refractivity contribution in [3.05, 3.63) is 85.7 Å². The number of hydrogen-bond donors (Lipinski definition) is 0. The maximum absolute atomic E-state index is 12.6. The van der Waals surface area contributed by atoms with Gasteiger partial charge in [0.2, 0.25) is 0 Å². The maximum atomic E-state index is 12.6. The molecule has 158 valence electrons. The van der Waals surface area contributed by atoms with Gasteiger partial charge in [-0.05, 0) is 25.7 Å². The monoisotopic (exact) mass is 464 g/mol. The summed E-state index contributed by atoms with van der Waals surface area (Å²) in [5.41, 5.74) is 1.65. The summed E-state index contributed by atoms with van der Waals surface area (Å²) in [6.07, 6.45) is 0.0276. The van der Waals surface area contributed by atoms with Gasteiger partial charge in [-0.3, -0.25) is 4.79 Å². The fraction of sp³-hybridized carbons (Fsp3) is 0.273. The molecule has 0 bridgehead atoms. The average Bonchev–Trinajstić information content (AvgIpc) is 2.77. The summed E-state index contributed by atoms with van der Waals surface area (Å²) in [7, 11) is -0.172. The molecule has 0 aliphatic rings. The van der Waals surface area contributed by atoms with Crippen molar-refractivity contribution < 1.29 is 45.3 Å². The number of carbonyl (C=O) groups excluding carboxylic acids is 1. The van der Waals surface area contributed by atoms with E-state index in [-0.39, 0.29) is 29.2 Å². The number of benzene rings is 2. The van der Waals surface area contributed by atoms with Gasteiger partial charge in [-0.1, -0.05) is 48.5 Å². The zero-order chi connectivity index (χ0) is 22.9. The van der Waals surface area contributed by atoms with Crippen LogP contribution in [0, 0.1) is 20.0 Å². The molecule has 0 radical (unpaired) electrons. The van der Waals surface area contributed by atoms with E-state index >= 15 is 0 Å². The molecule has 0 aliphatic carbocycles. The Balaban J connectivity index is -0.000000955. The molecule has 0 fully saturated rings. The predicted molar refractivity (Wildman–Crippen MR) is 107 cm³/mol. The molecule has 0 spiro atoms. The zero-order valence-electron chi connectivity index (χ0n) is 17.3. The Labute approximate surface area is 190 Å². The summed E-state index contributed by atoms with van der Waals surface area (Å²) in [6.45, 7) is 19.9. The molecular weight excluding hydrogens is 440 g/mol. The third-order valence-corrected chi connectivity index (χ3v) is 4.44. The van der Waals surface area contributed by atoms with Gasteiger partial charge in [-0.25, -0.2) is 0 Å². The summed E-state index contributed by atoms with van der Waals surface area (Å²) in [5.74, 6) is 0.844. The van der Waals surface area contributed by atoms with E-state index in [1.165, 1.54) is 0 Å². The summed E-state index contributed by atoms with van der Waals surface area (Å²) in [4.78, 5) is 12.6. The average molecular weight is 465 g/mol. The van der Waals surface area contributed by atoms with Gasteiger partial charge in [0.1, 0.15) is 5.75 Å². The van der Waals surface area contributed by atoms with Crippen molar-refractivity contribution in [2.75, 3.05) is 7.11 Å². The molecule has 1 atom stereocenters. The molecule has 0 saturated heterocycles. The molecule has 2 aromatic carbocycles. The summed E-state index contributed by atoms with van der Waals surface area (Å²) < 4.78 is 34.2. The Morgan fingerprint density at radius 1 is 0.900 bits per heavy atom.